The molecule has 1 N–H and O–H groups in total. The number of nitrogens with zero attached hydrogens (tertiary/aromatic N) is 1. The van der Waals surface area contributed by atoms with E-state index in [1.165, 1.54) is 57.8 Å². The van der Waals surface area contributed by atoms with Gasteiger partial charge in [-0.1, -0.05) is 52.4 Å². The van der Waals surface area contributed by atoms with Crippen LogP contribution in [0.25, 0.3) is 0 Å². The maximum absolute atomic E-state index is 12.5. The number of unbranched alkanes of at least 4 members (excludes halogenated alkanes) is 6. The molecule has 0 aliphatic carbocycles. The third-order valence-electron chi connectivity index (χ3n) is 4.54. The summed E-state index contributed by atoms with van der Waals surface area (Å²) in [5.74, 6) is 0.975. The summed E-state index contributed by atoms with van der Waals surface area (Å²) in [7, 11) is 0. The Morgan fingerprint density at radius 1 is 1.00 bits per heavy atom. The first-order chi connectivity index (χ1) is 10.3. The lowest BCUT2D eigenvalue weighted by Gasteiger charge is -2.24. The van der Waals surface area contributed by atoms with Gasteiger partial charge in [0.05, 0.1) is 0 Å². The van der Waals surface area contributed by atoms with Gasteiger partial charge in [0.25, 0.3) is 0 Å². The van der Waals surface area contributed by atoms with Crippen LogP contribution in [0.5, 0.6) is 0 Å². The van der Waals surface area contributed by atoms with Gasteiger partial charge in [-0.15, -0.1) is 0 Å². The van der Waals surface area contributed by atoms with Gasteiger partial charge in [-0.2, -0.15) is 0 Å². The van der Waals surface area contributed by atoms with Crippen molar-refractivity contribution >= 4 is 5.91 Å². The molecule has 3 nitrogen and oxygen atoms in total. The molecule has 0 aromatic carbocycles. The molecule has 1 rings (SSSR count). The topological polar surface area (TPSA) is 32.3 Å². The zero-order chi connectivity index (χ0) is 15.3. The number of rotatable bonds is 12. The van der Waals surface area contributed by atoms with Crippen molar-refractivity contribution in [2.24, 2.45) is 5.92 Å². The molecule has 1 fully saturated rings. The van der Waals surface area contributed by atoms with Gasteiger partial charge in [0.2, 0.25) is 5.91 Å². The summed E-state index contributed by atoms with van der Waals surface area (Å²) in [6, 6.07) is 0. The Morgan fingerprint density at radius 2 is 1.62 bits per heavy atom. The molecule has 0 radical (unpaired) electrons. The average Bonchev–Trinajstić information content (AvgIpc) is 2.98. The van der Waals surface area contributed by atoms with Crippen molar-refractivity contribution in [1.82, 2.24) is 10.2 Å². The second-order valence-electron chi connectivity index (χ2n) is 6.57. The molecule has 1 unspecified atom stereocenters. The Hall–Kier alpha value is -0.570. The first-order valence-electron chi connectivity index (χ1n) is 9.26. The number of amides is 1. The maximum Gasteiger partial charge on any atom is 0.222 e. The lowest BCUT2D eigenvalue weighted by atomic mass is 10.0. The molecule has 0 spiro atoms. The van der Waals surface area contributed by atoms with Gasteiger partial charge < -0.3 is 10.2 Å². The summed E-state index contributed by atoms with van der Waals surface area (Å²) < 4.78 is 0. The molecule has 1 atom stereocenters. The fraction of sp³-hybridized carbons (Fsp3) is 0.944. The van der Waals surface area contributed by atoms with Gasteiger partial charge in [0, 0.05) is 19.5 Å². The fourth-order valence-corrected chi connectivity index (χ4v) is 3.08. The molecule has 0 aromatic heterocycles. The van der Waals surface area contributed by atoms with Crippen LogP contribution in [-0.4, -0.2) is 37.0 Å². The van der Waals surface area contributed by atoms with Crippen LogP contribution in [0, 0.1) is 5.92 Å². The van der Waals surface area contributed by atoms with Crippen molar-refractivity contribution in [3.63, 3.8) is 0 Å². The number of hydrogen-bond donors (Lipinski definition) is 1. The van der Waals surface area contributed by atoms with Crippen LogP contribution in [0.2, 0.25) is 0 Å². The standard InChI is InChI=1S/C18H36N2O/c1-3-5-7-9-13-20(14-10-8-6-4-2)18(21)15-17-11-12-19-16-17/h17,19H,3-16H2,1-2H3. The summed E-state index contributed by atoms with van der Waals surface area (Å²) in [6.07, 6.45) is 11.9. The van der Waals surface area contributed by atoms with E-state index in [9.17, 15) is 4.79 Å². The smallest absolute Gasteiger partial charge is 0.222 e. The largest absolute Gasteiger partial charge is 0.343 e. The van der Waals surface area contributed by atoms with E-state index in [-0.39, 0.29) is 0 Å². The van der Waals surface area contributed by atoms with Crippen LogP contribution in [0.4, 0.5) is 0 Å². The summed E-state index contributed by atoms with van der Waals surface area (Å²) in [4.78, 5) is 14.7. The Labute approximate surface area is 131 Å². The minimum absolute atomic E-state index is 0.400. The van der Waals surface area contributed by atoms with Crippen molar-refractivity contribution < 1.29 is 4.79 Å². The van der Waals surface area contributed by atoms with E-state index in [1.807, 2.05) is 0 Å². The van der Waals surface area contributed by atoms with Crippen LogP contribution >= 0.6 is 0 Å². The number of hydrogen-bond acceptors (Lipinski definition) is 2. The summed E-state index contributed by atoms with van der Waals surface area (Å²) in [5.41, 5.74) is 0. The molecular weight excluding hydrogens is 260 g/mol. The van der Waals surface area contributed by atoms with E-state index in [2.05, 4.69) is 24.1 Å². The van der Waals surface area contributed by atoms with Crippen LogP contribution in [0.3, 0.4) is 0 Å². The van der Waals surface area contributed by atoms with Crippen LogP contribution < -0.4 is 5.32 Å². The van der Waals surface area contributed by atoms with Crippen molar-refractivity contribution in [2.75, 3.05) is 26.2 Å². The molecule has 0 bridgehead atoms. The highest BCUT2D eigenvalue weighted by atomic mass is 16.2. The number of carbonyl (C=O) groups excluding carboxylic acids is 1. The van der Waals surface area contributed by atoms with Gasteiger partial charge in [-0.25, -0.2) is 0 Å². The zero-order valence-corrected chi connectivity index (χ0v) is 14.3. The van der Waals surface area contributed by atoms with Gasteiger partial charge in [0.1, 0.15) is 0 Å². The van der Waals surface area contributed by atoms with Crippen molar-refractivity contribution in [1.29, 1.82) is 0 Å². The third-order valence-corrected chi connectivity index (χ3v) is 4.54. The maximum atomic E-state index is 12.5. The lowest BCUT2D eigenvalue weighted by Crippen LogP contribution is -2.34. The lowest BCUT2D eigenvalue weighted by molar-refractivity contribution is -0.132. The molecule has 0 aromatic rings. The Kier molecular flexibility index (Phi) is 10.6. The number of nitrogens with one attached hydrogen (secondary N) is 1. The molecule has 1 amide bonds. The van der Waals surface area contributed by atoms with Crippen LogP contribution in [0.15, 0.2) is 0 Å². The van der Waals surface area contributed by atoms with E-state index in [0.29, 0.717) is 11.8 Å². The van der Waals surface area contributed by atoms with E-state index in [0.717, 1.165) is 32.6 Å². The SMILES string of the molecule is CCCCCCN(CCCCCC)C(=O)CC1CCNC1. The molecular formula is C18H36N2O. The van der Waals surface area contributed by atoms with Gasteiger partial charge in [-0.3, -0.25) is 4.79 Å². The highest BCUT2D eigenvalue weighted by molar-refractivity contribution is 5.76. The van der Waals surface area contributed by atoms with E-state index < -0.39 is 0 Å². The quantitative estimate of drug-likeness (QED) is 0.553. The Morgan fingerprint density at radius 3 is 2.10 bits per heavy atom. The van der Waals surface area contributed by atoms with Gasteiger partial charge in [0.15, 0.2) is 0 Å². The minimum atomic E-state index is 0.400. The summed E-state index contributed by atoms with van der Waals surface area (Å²) >= 11 is 0. The average molecular weight is 296 g/mol. The minimum Gasteiger partial charge on any atom is -0.343 e. The molecule has 3 heteroatoms. The first kappa shape index (κ1) is 18.5. The number of carbonyl (C=O) groups is 1. The molecule has 1 heterocycles. The van der Waals surface area contributed by atoms with Crippen molar-refractivity contribution in [2.45, 2.75) is 78.1 Å². The highest BCUT2D eigenvalue weighted by Crippen LogP contribution is 2.15. The third kappa shape index (κ3) is 8.45. The van der Waals surface area contributed by atoms with Gasteiger partial charge >= 0.3 is 0 Å². The van der Waals surface area contributed by atoms with Crippen LogP contribution in [-0.2, 0) is 4.79 Å². The zero-order valence-electron chi connectivity index (χ0n) is 14.3. The molecule has 124 valence electrons. The van der Waals surface area contributed by atoms with E-state index in [4.69, 9.17) is 0 Å². The van der Waals surface area contributed by atoms with E-state index >= 15 is 0 Å². The molecule has 1 saturated heterocycles. The second-order valence-corrected chi connectivity index (χ2v) is 6.57. The summed E-state index contributed by atoms with van der Waals surface area (Å²) in [6.45, 7) is 8.55. The first-order valence-corrected chi connectivity index (χ1v) is 9.26. The summed E-state index contributed by atoms with van der Waals surface area (Å²) in [5, 5.41) is 3.37. The second kappa shape index (κ2) is 12.0. The van der Waals surface area contributed by atoms with Crippen LogP contribution in [0.1, 0.15) is 78.1 Å². The monoisotopic (exact) mass is 296 g/mol. The molecule has 1 aliphatic heterocycles. The Balaban J connectivity index is 2.30. The molecule has 1 aliphatic rings. The van der Waals surface area contributed by atoms with Crippen molar-refractivity contribution in [3.8, 4) is 0 Å². The molecule has 21 heavy (non-hydrogen) atoms. The normalized spacial score (nSPS) is 18.1. The van der Waals surface area contributed by atoms with E-state index in [1.54, 1.807) is 0 Å². The molecule has 0 saturated carbocycles. The predicted molar refractivity (Wildman–Crippen MR) is 90.5 cm³/mol. The fourth-order valence-electron chi connectivity index (χ4n) is 3.08. The van der Waals surface area contributed by atoms with Crippen molar-refractivity contribution in [3.05, 3.63) is 0 Å². The predicted octanol–water partition coefficient (Wildman–Crippen LogP) is 3.98. The van der Waals surface area contributed by atoms with Gasteiger partial charge in [-0.05, 0) is 38.3 Å². The highest BCUT2D eigenvalue weighted by Gasteiger charge is 2.21. The Bertz CT molecular complexity index is 250.